The van der Waals surface area contributed by atoms with Crippen LogP contribution in [0.5, 0.6) is 0 Å². The molecule has 2 aromatic heterocycles. The van der Waals surface area contributed by atoms with Crippen LogP contribution in [0.1, 0.15) is 12.8 Å². The number of hydrogen-bond acceptors (Lipinski definition) is 7. The van der Waals surface area contributed by atoms with E-state index in [4.69, 9.17) is 4.74 Å². The monoisotopic (exact) mass is 309 g/mol. The molecular weight excluding hydrogens is 294 g/mol. The zero-order chi connectivity index (χ0) is 14.8. The molecule has 1 fully saturated rings. The third-order valence-corrected chi connectivity index (χ3v) is 4.21. The van der Waals surface area contributed by atoms with Gasteiger partial charge in [0.05, 0.1) is 7.11 Å². The van der Waals surface area contributed by atoms with Crippen molar-refractivity contribution in [3.8, 4) is 0 Å². The lowest BCUT2D eigenvalue weighted by molar-refractivity contribution is 0.113. The molecular formula is C12H15N5O3S. The largest absolute Gasteiger partial charge is 0.453 e. The highest BCUT2D eigenvalue weighted by Gasteiger charge is 2.24. The van der Waals surface area contributed by atoms with Crippen molar-refractivity contribution in [3.05, 3.63) is 22.6 Å². The first-order valence-electron chi connectivity index (χ1n) is 6.61. The summed E-state index contributed by atoms with van der Waals surface area (Å²) in [7, 11) is 1.38. The van der Waals surface area contributed by atoms with E-state index in [9.17, 15) is 9.59 Å². The number of likely N-dealkylation sites (tertiary alicyclic amines) is 1. The quantitative estimate of drug-likeness (QED) is 0.882. The Hall–Kier alpha value is -2.16. The van der Waals surface area contributed by atoms with E-state index in [0.717, 1.165) is 12.8 Å². The topological polar surface area (TPSA) is 88.8 Å². The molecule has 1 amide bonds. The van der Waals surface area contributed by atoms with Gasteiger partial charge in [-0.2, -0.15) is 4.52 Å². The van der Waals surface area contributed by atoms with Crippen LogP contribution in [0.3, 0.4) is 0 Å². The summed E-state index contributed by atoms with van der Waals surface area (Å²) in [4.78, 5) is 29.5. The molecule has 1 aliphatic rings. The fourth-order valence-electron chi connectivity index (χ4n) is 2.37. The lowest BCUT2D eigenvalue weighted by Gasteiger charge is -2.31. The summed E-state index contributed by atoms with van der Waals surface area (Å²) in [5.74, 6) is 0. The van der Waals surface area contributed by atoms with E-state index in [1.54, 1.807) is 4.90 Å². The molecule has 1 unspecified atom stereocenters. The molecule has 1 aliphatic heterocycles. The van der Waals surface area contributed by atoms with Crippen LogP contribution in [0.4, 0.5) is 9.93 Å². The molecule has 0 radical (unpaired) electrons. The van der Waals surface area contributed by atoms with Crippen molar-refractivity contribution in [1.29, 1.82) is 0 Å². The molecule has 2 aromatic rings. The Balaban J connectivity index is 1.74. The van der Waals surface area contributed by atoms with Crippen molar-refractivity contribution >= 4 is 27.5 Å². The van der Waals surface area contributed by atoms with Crippen molar-refractivity contribution in [3.63, 3.8) is 0 Å². The van der Waals surface area contributed by atoms with Crippen LogP contribution in [-0.4, -0.2) is 51.8 Å². The molecule has 0 aliphatic carbocycles. The molecule has 8 nitrogen and oxygen atoms in total. The van der Waals surface area contributed by atoms with Gasteiger partial charge >= 0.3 is 6.09 Å². The van der Waals surface area contributed by atoms with Gasteiger partial charge in [-0.3, -0.25) is 4.79 Å². The van der Waals surface area contributed by atoms with Crippen molar-refractivity contribution in [2.45, 2.75) is 18.9 Å². The second-order valence-electron chi connectivity index (χ2n) is 4.78. The van der Waals surface area contributed by atoms with Crippen LogP contribution in [0.15, 0.2) is 17.1 Å². The Labute approximate surface area is 124 Å². The molecule has 3 rings (SSSR count). The molecule has 9 heteroatoms. The van der Waals surface area contributed by atoms with Crippen LogP contribution in [-0.2, 0) is 4.74 Å². The summed E-state index contributed by atoms with van der Waals surface area (Å²) in [6.07, 6.45) is 2.99. The third-order valence-electron chi connectivity index (χ3n) is 3.35. The average Bonchev–Trinajstić information content (AvgIpc) is 2.90. The van der Waals surface area contributed by atoms with Gasteiger partial charge in [-0.05, 0) is 12.8 Å². The maximum absolute atomic E-state index is 11.6. The van der Waals surface area contributed by atoms with Gasteiger partial charge in [-0.15, -0.1) is 5.10 Å². The number of fused-ring (bicyclic) bond motifs is 1. The number of rotatable bonds is 2. The van der Waals surface area contributed by atoms with Crippen LogP contribution in [0.2, 0.25) is 0 Å². The van der Waals surface area contributed by atoms with Gasteiger partial charge in [0.2, 0.25) is 10.1 Å². The smallest absolute Gasteiger partial charge is 0.409 e. The fourth-order valence-corrected chi connectivity index (χ4v) is 3.22. The van der Waals surface area contributed by atoms with E-state index in [-0.39, 0.29) is 17.7 Å². The van der Waals surface area contributed by atoms with E-state index < -0.39 is 0 Å². The molecule has 1 saturated heterocycles. The van der Waals surface area contributed by atoms with Crippen LogP contribution in [0.25, 0.3) is 4.96 Å². The van der Waals surface area contributed by atoms with Crippen molar-refractivity contribution in [1.82, 2.24) is 19.5 Å². The number of hydrogen-bond donors (Lipinski definition) is 1. The molecule has 0 bridgehead atoms. The molecule has 1 atom stereocenters. The number of amides is 1. The van der Waals surface area contributed by atoms with Crippen molar-refractivity contribution in [2.75, 3.05) is 25.5 Å². The van der Waals surface area contributed by atoms with Gasteiger partial charge in [0.1, 0.15) is 0 Å². The first kappa shape index (κ1) is 13.8. The van der Waals surface area contributed by atoms with Crippen LogP contribution >= 0.6 is 11.3 Å². The Morgan fingerprint density at radius 1 is 1.57 bits per heavy atom. The van der Waals surface area contributed by atoms with Gasteiger partial charge in [-0.1, -0.05) is 11.3 Å². The number of anilines is 1. The predicted octanol–water partition coefficient (Wildman–Crippen LogP) is 0.794. The number of piperidine rings is 1. The Morgan fingerprint density at radius 2 is 2.43 bits per heavy atom. The first-order chi connectivity index (χ1) is 10.2. The third kappa shape index (κ3) is 2.82. The van der Waals surface area contributed by atoms with E-state index in [1.807, 2.05) is 0 Å². The number of carbonyl (C=O) groups is 1. The molecule has 21 heavy (non-hydrogen) atoms. The van der Waals surface area contributed by atoms with Gasteiger partial charge in [0, 0.05) is 31.4 Å². The average molecular weight is 309 g/mol. The Kier molecular flexibility index (Phi) is 3.74. The number of carbonyl (C=O) groups excluding carboxylic acids is 1. The van der Waals surface area contributed by atoms with E-state index >= 15 is 0 Å². The summed E-state index contributed by atoms with van der Waals surface area (Å²) < 4.78 is 6.01. The molecule has 3 heterocycles. The van der Waals surface area contributed by atoms with Crippen molar-refractivity contribution < 1.29 is 9.53 Å². The molecule has 0 aromatic carbocycles. The molecule has 1 N–H and O–H groups in total. The lowest BCUT2D eigenvalue weighted by atomic mass is 10.1. The van der Waals surface area contributed by atoms with Crippen molar-refractivity contribution in [2.24, 2.45) is 0 Å². The second-order valence-corrected chi connectivity index (χ2v) is 5.74. The highest BCUT2D eigenvalue weighted by Crippen LogP contribution is 2.20. The fraction of sp³-hybridized carbons (Fsp3) is 0.500. The summed E-state index contributed by atoms with van der Waals surface area (Å²) in [5.41, 5.74) is -0.205. The van der Waals surface area contributed by atoms with Gasteiger partial charge < -0.3 is 15.0 Å². The molecule has 0 spiro atoms. The second kappa shape index (κ2) is 5.68. The highest BCUT2D eigenvalue weighted by atomic mass is 32.1. The van der Waals surface area contributed by atoms with Crippen LogP contribution < -0.4 is 10.9 Å². The van der Waals surface area contributed by atoms with E-state index in [0.29, 0.717) is 23.2 Å². The van der Waals surface area contributed by atoms with E-state index in [1.165, 1.54) is 35.2 Å². The number of nitrogens with one attached hydrogen (secondary N) is 1. The number of methoxy groups -OCH3 is 1. The molecule has 112 valence electrons. The van der Waals surface area contributed by atoms with Gasteiger partial charge in [0.15, 0.2) is 0 Å². The van der Waals surface area contributed by atoms with E-state index in [2.05, 4.69) is 15.4 Å². The highest BCUT2D eigenvalue weighted by molar-refractivity contribution is 7.20. The standard InChI is InChI=1S/C12H15N5O3S/c1-20-12(19)16-6-2-3-8(7-16)14-10-15-17-9(18)4-5-13-11(17)21-10/h4-5,8H,2-3,6-7H2,1H3,(H,14,15). The maximum atomic E-state index is 11.6. The normalized spacial score (nSPS) is 18.7. The summed E-state index contributed by atoms with van der Waals surface area (Å²) in [5, 5.41) is 8.10. The summed E-state index contributed by atoms with van der Waals surface area (Å²) in [6, 6.07) is 1.46. The van der Waals surface area contributed by atoms with Gasteiger partial charge in [0.25, 0.3) is 5.56 Å². The summed E-state index contributed by atoms with van der Waals surface area (Å²) >= 11 is 1.32. The Bertz CT molecular complexity index is 712. The number of aromatic nitrogens is 3. The lowest BCUT2D eigenvalue weighted by Crippen LogP contribution is -2.45. The zero-order valence-electron chi connectivity index (χ0n) is 11.5. The molecule has 0 saturated carbocycles. The zero-order valence-corrected chi connectivity index (χ0v) is 12.3. The number of nitrogens with zero attached hydrogens (tertiary/aromatic N) is 4. The van der Waals surface area contributed by atoms with Gasteiger partial charge in [-0.25, -0.2) is 9.78 Å². The maximum Gasteiger partial charge on any atom is 0.409 e. The minimum absolute atomic E-state index is 0.0918. The minimum atomic E-state index is -0.316. The first-order valence-corrected chi connectivity index (χ1v) is 7.43. The SMILES string of the molecule is COC(=O)N1CCCC(Nc2nn3c(=O)ccnc3s2)C1. The summed E-state index contributed by atoms with van der Waals surface area (Å²) in [6.45, 7) is 1.26. The number of ether oxygens (including phenoxy) is 1. The minimum Gasteiger partial charge on any atom is -0.453 e. The van der Waals surface area contributed by atoms with Crippen LogP contribution in [0, 0.1) is 0 Å². The Morgan fingerprint density at radius 3 is 3.19 bits per heavy atom. The predicted molar refractivity (Wildman–Crippen MR) is 77.8 cm³/mol.